The van der Waals surface area contributed by atoms with E-state index in [1.165, 1.54) is 13.0 Å². The second-order valence-electron chi connectivity index (χ2n) is 7.13. The van der Waals surface area contributed by atoms with Crippen LogP contribution in [0.1, 0.15) is 6.92 Å². The molecule has 0 aliphatic carbocycles. The lowest BCUT2D eigenvalue weighted by Gasteiger charge is -2.20. The van der Waals surface area contributed by atoms with Crippen molar-refractivity contribution in [3.63, 3.8) is 0 Å². The predicted octanol–water partition coefficient (Wildman–Crippen LogP) is 3.52. The summed E-state index contributed by atoms with van der Waals surface area (Å²) in [4.78, 5) is 8.24. The lowest BCUT2D eigenvalue weighted by Crippen LogP contribution is -2.35. The number of nitrogens with zero attached hydrogens (tertiary/aromatic N) is 3. The van der Waals surface area contributed by atoms with E-state index in [1.54, 1.807) is 0 Å². The molecule has 0 amide bonds. The van der Waals surface area contributed by atoms with Crippen molar-refractivity contribution in [3.8, 4) is 23.0 Å². The Hall–Kier alpha value is -3.77. The normalized spacial score (nSPS) is 13.2. The second-order valence-corrected chi connectivity index (χ2v) is 7.13. The summed E-state index contributed by atoms with van der Waals surface area (Å²) >= 11 is 0. The third kappa shape index (κ3) is 4.56. The Labute approximate surface area is 183 Å². The van der Waals surface area contributed by atoms with Crippen LogP contribution in [0.2, 0.25) is 0 Å². The topological polar surface area (TPSA) is 116 Å². The third-order valence-electron chi connectivity index (χ3n) is 4.78. The summed E-state index contributed by atoms with van der Waals surface area (Å²) < 4.78 is 60.4. The van der Waals surface area contributed by atoms with Gasteiger partial charge in [-0.2, -0.15) is 15.1 Å². The van der Waals surface area contributed by atoms with Gasteiger partial charge in [-0.1, -0.05) is 0 Å². The SMILES string of the molecule is C[C@H](O)[C@H](CO)Nc1nc(Oc2ccc(F)cc2F)nc2[nH]nc(-c3ccc(F)cc3F)c12. The number of nitrogens with one attached hydrogen (secondary N) is 2. The third-order valence-corrected chi connectivity index (χ3v) is 4.78. The highest BCUT2D eigenvalue weighted by molar-refractivity contribution is 5.99. The minimum absolute atomic E-state index is 0.0202. The van der Waals surface area contributed by atoms with Gasteiger partial charge < -0.3 is 20.3 Å². The van der Waals surface area contributed by atoms with E-state index < -0.39 is 42.0 Å². The van der Waals surface area contributed by atoms with Crippen LogP contribution in [0.15, 0.2) is 36.4 Å². The summed E-state index contributed by atoms with van der Waals surface area (Å²) in [5.41, 5.74) is -0.0111. The molecule has 0 radical (unpaired) electrons. The molecule has 0 fully saturated rings. The van der Waals surface area contributed by atoms with E-state index in [0.717, 1.165) is 18.2 Å². The van der Waals surface area contributed by atoms with Gasteiger partial charge in [0.05, 0.1) is 24.1 Å². The van der Waals surface area contributed by atoms with Gasteiger partial charge >= 0.3 is 6.01 Å². The van der Waals surface area contributed by atoms with E-state index in [1.807, 2.05) is 0 Å². The number of aromatic nitrogens is 4. The van der Waals surface area contributed by atoms with Gasteiger partial charge in [0.25, 0.3) is 0 Å². The quantitative estimate of drug-likeness (QED) is 0.310. The molecule has 4 N–H and O–H groups in total. The zero-order valence-corrected chi connectivity index (χ0v) is 17.0. The van der Waals surface area contributed by atoms with Crippen molar-refractivity contribution in [1.29, 1.82) is 0 Å². The van der Waals surface area contributed by atoms with E-state index in [-0.39, 0.29) is 39.9 Å². The maximum Gasteiger partial charge on any atom is 0.326 e. The number of rotatable bonds is 7. The van der Waals surface area contributed by atoms with Crippen LogP contribution in [0.3, 0.4) is 0 Å². The van der Waals surface area contributed by atoms with Gasteiger partial charge in [0, 0.05) is 17.7 Å². The molecule has 2 aromatic heterocycles. The standard InChI is InChI=1S/C21H17F4N5O3/c1-9(32)15(8-31)26-19-17-18(12-4-2-10(22)6-13(12)24)29-30-20(17)28-21(27-19)33-16-5-3-11(23)7-14(16)25/h2-7,9,15,31-32H,8H2,1H3,(H2,26,27,28,29,30)/t9-,15-/m0/s1. The van der Waals surface area contributed by atoms with Gasteiger partial charge in [0.15, 0.2) is 17.2 Å². The molecule has 0 bridgehead atoms. The average Bonchev–Trinajstić information content (AvgIpc) is 3.17. The van der Waals surface area contributed by atoms with Crippen molar-refractivity contribution in [2.45, 2.75) is 19.1 Å². The second kappa shape index (κ2) is 9.00. The van der Waals surface area contributed by atoms with Crippen LogP contribution in [0.25, 0.3) is 22.3 Å². The van der Waals surface area contributed by atoms with E-state index in [9.17, 15) is 27.8 Å². The Morgan fingerprint density at radius 2 is 1.73 bits per heavy atom. The smallest absolute Gasteiger partial charge is 0.326 e. The fraction of sp³-hybridized carbons (Fsp3) is 0.190. The van der Waals surface area contributed by atoms with Crippen LogP contribution < -0.4 is 10.1 Å². The first-order valence-corrected chi connectivity index (χ1v) is 9.66. The van der Waals surface area contributed by atoms with Crippen LogP contribution in [0.5, 0.6) is 11.8 Å². The first kappa shape index (κ1) is 22.4. The number of anilines is 1. The van der Waals surface area contributed by atoms with E-state index >= 15 is 0 Å². The summed E-state index contributed by atoms with van der Waals surface area (Å²) in [6.07, 6.45) is -1.03. The number of aromatic amines is 1. The molecule has 0 spiro atoms. The number of hydrogen-bond acceptors (Lipinski definition) is 7. The van der Waals surface area contributed by atoms with Gasteiger partial charge in [-0.15, -0.1) is 0 Å². The van der Waals surface area contributed by atoms with Gasteiger partial charge in [-0.3, -0.25) is 5.10 Å². The minimum Gasteiger partial charge on any atom is -0.421 e. The highest BCUT2D eigenvalue weighted by Crippen LogP contribution is 2.34. The van der Waals surface area contributed by atoms with Gasteiger partial charge in [-0.25, -0.2) is 17.6 Å². The first-order valence-electron chi connectivity index (χ1n) is 9.66. The molecule has 2 heterocycles. The molecule has 0 unspecified atom stereocenters. The summed E-state index contributed by atoms with van der Waals surface area (Å²) in [6, 6.07) is 4.28. The largest absolute Gasteiger partial charge is 0.421 e. The Kier molecular flexibility index (Phi) is 6.11. The lowest BCUT2D eigenvalue weighted by atomic mass is 10.1. The minimum atomic E-state index is -1.03. The molecule has 0 aliphatic heterocycles. The maximum atomic E-state index is 14.4. The molecule has 0 saturated heterocycles. The molecule has 8 nitrogen and oxygen atoms in total. The Morgan fingerprint density at radius 3 is 2.36 bits per heavy atom. The molecule has 2 aromatic carbocycles. The Morgan fingerprint density at radius 1 is 1.03 bits per heavy atom. The molecule has 12 heteroatoms. The van der Waals surface area contributed by atoms with Crippen molar-refractivity contribution >= 4 is 16.9 Å². The monoisotopic (exact) mass is 463 g/mol. The highest BCUT2D eigenvalue weighted by Gasteiger charge is 2.23. The van der Waals surface area contributed by atoms with E-state index in [2.05, 4.69) is 25.5 Å². The zero-order chi connectivity index (χ0) is 23.7. The number of hydrogen-bond donors (Lipinski definition) is 4. The number of benzene rings is 2. The summed E-state index contributed by atoms with van der Waals surface area (Å²) in [7, 11) is 0. The van der Waals surface area contributed by atoms with Crippen molar-refractivity contribution in [2.75, 3.05) is 11.9 Å². The molecule has 172 valence electrons. The van der Waals surface area contributed by atoms with E-state index in [0.29, 0.717) is 12.1 Å². The van der Waals surface area contributed by atoms with Crippen molar-refractivity contribution in [2.24, 2.45) is 0 Å². The molecule has 0 aliphatic rings. The number of H-pyrrole nitrogens is 1. The predicted molar refractivity (Wildman–Crippen MR) is 110 cm³/mol. The van der Waals surface area contributed by atoms with Crippen LogP contribution in [0.4, 0.5) is 23.4 Å². The van der Waals surface area contributed by atoms with Crippen LogP contribution in [-0.4, -0.2) is 49.1 Å². The molecule has 0 saturated carbocycles. The molecule has 4 aromatic rings. The fourth-order valence-corrected chi connectivity index (χ4v) is 3.09. The van der Waals surface area contributed by atoms with Crippen molar-refractivity contribution < 1.29 is 32.5 Å². The van der Waals surface area contributed by atoms with Crippen LogP contribution in [0, 0.1) is 23.3 Å². The van der Waals surface area contributed by atoms with E-state index in [4.69, 9.17) is 4.74 Å². The maximum absolute atomic E-state index is 14.4. The average molecular weight is 463 g/mol. The number of ether oxygens (including phenoxy) is 1. The van der Waals surface area contributed by atoms with Gasteiger partial charge in [-0.05, 0) is 31.2 Å². The summed E-state index contributed by atoms with van der Waals surface area (Å²) in [5.74, 6) is -3.87. The zero-order valence-electron chi connectivity index (χ0n) is 17.0. The molecule has 33 heavy (non-hydrogen) atoms. The number of halogens is 4. The lowest BCUT2D eigenvalue weighted by molar-refractivity contribution is 0.132. The highest BCUT2D eigenvalue weighted by atomic mass is 19.1. The number of aliphatic hydroxyl groups excluding tert-OH is 2. The van der Waals surface area contributed by atoms with Crippen molar-refractivity contribution in [3.05, 3.63) is 59.7 Å². The molecular weight excluding hydrogens is 446 g/mol. The molecular formula is C21H17F4N5O3. The first-order chi connectivity index (χ1) is 15.8. The molecule has 4 rings (SSSR count). The fourth-order valence-electron chi connectivity index (χ4n) is 3.09. The van der Waals surface area contributed by atoms with Gasteiger partial charge in [0.2, 0.25) is 0 Å². The summed E-state index contributed by atoms with van der Waals surface area (Å²) in [5, 5.41) is 29.1. The van der Waals surface area contributed by atoms with Crippen molar-refractivity contribution in [1.82, 2.24) is 20.2 Å². The molecule has 2 atom stereocenters. The summed E-state index contributed by atoms with van der Waals surface area (Å²) in [6.45, 7) is 0.928. The number of fused-ring (bicyclic) bond motifs is 1. The Balaban J connectivity index is 1.85. The van der Waals surface area contributed by atoms with Crippen LogP contribution >= 0.6 is 0 Å². The van der Waals surface area contributed by atoms with Crippen LogP contribution in [-0.2, 0) is 0 Å². The Bertz CT molecular complexity index is 1310. The number of aliphatic hydroxyl groups is 2. The van der Waals surface area contributed by atoms with Gasteiger partial charge in [0.1, 0.15) is 29.0 Å².